The molecule has 2 heterocycles. The molecule has 104 valence electrons. The lowest BCUT2D eigenvalue weighted by atomic mass is 10.0. The molecule has 0 amide bonds. The van der Waals surface area contributed by atoms with Gasteiger partial charge in [0.25, 0.3) is 0 Å². The number of aliphatic hydroxyl groups excluding tert-OH is 1. The normalized spacial score (nSPS) is 13.7. The zero-order valence-electron chi connectivity index (χ0n) is 11.6. The smallest absolute Gasteiger partial charge is 0.106 e. The van der Waals surface area contributed by atoms with Crippen molar-refractivity contribution in [3.63, 3.8) is 0 Å². The molecule has 1 N–H and O–H groups in total. The molecule has 0 saturated carbocycles. The minimum absolute atomic E-state index is 0.0840. The summed E-state index contributed by atoms with van der Waals surface area (Å²) in [5.41, 5.74) is 3.71. The van der Waals surface area contributed by atoms with E-state index in [1.54, 1.807) is 11.3 Å². The van der Waals surface area contributed by atoms with Crippen molar-refractivity contribution < 1.29 is 5.11 Å². The molecule has 0 bridgehead atoms. The Balaban J connectivity index is 1.84. The van der Waals surface area contributed by atoms with Crippen molar-refractivity contribution in [1.82, 2.24) is 9.55 Å². The Morgan fingerprint density at radius 2 is 2.25 bits per heavy atom. The Bertz CT molecular complexity index is 672. The number of imidazole rings is 1. The lowest BCUT2D eigenvalue weighted by Crippen LogP contribution is -2.09. The second-order valence-corrected chi connectivity index (χ2v) is 6.10. The van der Waals surface area contributed by atoms with Gasteiger partial charge >= 0.3 is 0 Å². The summed E-state index contributed by atoms with van der Waals surface area (Å²) in [6.45, 7) is 2.90. The molecule has 0 radical (unpaired) electrons. The first-order valence-electron chi connectivity index (χ1n) is 7.00. The predicted molar refractivity (Wildman–Crippen MR) is 81.0 cm³/mol. The summed E-state index contributed by atoms with van der Waals surface area (Å²) in [6.07, 6.45) is 4.82. The minimum Gasteiger partial charge on any atom is -0.384 e. The fraction of sp³-hybridized carbons (Fsp3) is 0.438. The van der Waals surface area contributed by atoms with Gasteiger partial charge in [0.2, 0.25) is 0 Å². The summed E-state index contributed by atoms with van der Waals surface area (Å²) < 4.78 is 2.35. The van der Waals surface area contributed by atoms with Gasteiger partial charge in [0.15, 0.2) is 0 Å². The van der Waals surface area contributed by atoms with Crippen molar-refractivity contribution in [2.45, 2.75) is 39.2 Å². The maximum Gasteiger partial charge on any atom is 0.106 e. The average Bonchev–Trinajstić information content (AvgIpc) is 3.02. The first-order chi connectivity index (χ1) is 9.78. The average molecular weight is 286 g/mol. The molecule has 0 saturated heterocycles. The van der Waals surface area contributed by atoms with Crippen molar-refractivity contribution in [1.29, 1.82) is 0 Å². The molecular weight excluding hydrogens is 268 g/mol. The molecule has 1 aliphatic rings. The Kier molecular flexibility index (Phi) is 3.90. The van der Waals surface area contributed by atoms with Crippen molar-refractivity contribution in [3.05, 3.63) is 39.1 Å². The summed E-state index contributed by atoms with van der Waals surface area (Å²) in [5, 5.41) is 10.8. The fourth-order valence-electron chi connectivity index (χ4n) is 2.77. The lowest BCUT2D eigenvalue weighted by Gasteiger charge is -2.14. The molecule has 3 rings (SSSR count). The number of nitrogens with zero attached hydrogens (tertiary/aromatic N) is 2. The molecule has 0 atom stereocenters. The van der Waals surface area contributed by atoms with Gasteiger partial charge in [0, 0.05) is 21.5 Å². The molecular formula is C16H18N2OS. The van der Waals surface area contributed by atoms with Gasteiger partial charge in [0.1, 0.15) is 12.4 Å². The molecule has 0 aliphatic heterocycles. The van der Waals surface area contributed by atoms with E-state index in [9.17, 15) is 0 Å². The highest BCUT2D eigenvalue weighted by Crippen LogP contribution is 2.24. The third-order valence-corrected chi connectivity index (χ3v) is 4.62. The van der Waals surface area contributed by atoms with Crippen molar-refractivity contribution in [2.75, 3.05) is 6.61 Å². The third-order valence-electron chi connectivity index (χ3n) is 3.70. The standard InChI is InChI=1S/C16H18N2OS/c1-12-17-15-6-2-3-7-16(15)18(12)10-14-9-13(11-20-14)5-4-8-19/h9,11,19H,2-3,6-8,10H2,1H3. The van der Waals surface area contributed by atoms with Crippen LogP contribution in [0.15, 0.2) is 11.4 Å². The van der Waals surface area contributed by atoms with Gasteiger partial charge in [-0.1, -0.05) is 11.8 Å². The monoisotopic (exact) mass is 286 g/mol. The molecule has 0 spiro atoms. The zero-order valence-corrected chi connectivity index (χ0v) is 12.5. The Hall–Kier alpha value is -1.57. The molecule has 4 heteroatoms. The van der Waals surface area contributed by atoms with Gasteiger partial charge in [-0.15, -0.1) is 11.3 Å². The maximum absolute atomic E-state index is 8.73. The van der Waals surface area contributed by atoms with Crippen LogP contribution in [0.2, 0.25) is 0 Å². The zero-order chi connectivity index (χ0) is 13.9. The second kappa shape index (κ2) is 5.82. The van der Waals surface area contributed by atoms with Crippen LogP contribution in [0.1, 0.15) is 40.5 Å². The Morgan fingerprint density at radius 1 is 1.40 bits per heavy atom. The van der Waals surface area contributed by atoms with Gasteiger partial charge in [-0.2, -0.15) is 0 Å². The van der Waals surface area contributed by atoms with E-state index in [0.717, 1.165) is 30.8 Å². The topological polar surface area (TPSA) is 38.0 Å². The summed E-state index contributed by atoms with van der Waals surface area (Å²) in [5.74, 6) is 6.77. The van der Waals surface area contributed by atoms with Crippen LogP contribution in [0.4, 0.5) is 0 Å². The highest BCUT2D eigenvalue weighted by Gasteiger charge is 2.18. The van der Waals surface area contributed by atoms with Gasteiger partial charge in [-0.05, 0) is 38.7 Å². The summed E-state index contributed by atoms with van der Waals surface area (Å²) in [4.78, 5) is 6.00. The van der Waals surface area contributed by atoms with E-state index < -0.39 is 0 Å². The number of hydrogen-bond acceptors (Lipinski definition) is 3. The van der Waals surface area contributed by atoms with E-state index in [-0.39, 0.29) is 6.61 Å². The van der Waals surface area contributed by atoms with Crippen molar-refractivity contribution in [3.8, 4) is 11.8 Å². The molecule has 0 unspecified atom stereocenters. The predicted octanol–water partition coefficient (Wildman–Crippen LogP) is 2.52. The fourth-order valence-corrected chi connectivity index (χ4v) is 3.58. The van der Waals surface area contributed by atoms with E-state index in [1.165, 1.54) is 29.1 Å². The van der Waals surface area contributed by atoms with Gasteiger partial charge in [-0.3, -0.25) is 0 Å². The van der Waals surface area contributed by atoms with Crippen LogP contribution >= 0.6 is 11.3 Å². The van der Waals surface area contributed by atoms with Gasteiger partial charge in [0.05, 0.1) is 12.2 Å². The minimum atomic E-state index is -0.0840. The van der Waals surface area contributed by atoms with Crippen LogP contribution in [-0.2, 0) is 19.4 Å². The van der Waals surface area contributed by atoms with E-state index in [2.05, 4.69) is 34.8 Å². The molecule has 3 nitrogen and oxygen atoms in total. The highest BCUT2D eigenvalue weighted by molar-refractivity contribution is 7.10. The quantitative estimate of drug-likeness (QED) is 0.862. The molecule has 20 heavy (non-hydrogen) atoms. The van der Waals surface area contributed by atoms with Gasteiger partial charge < -0.3 is 9.67 Å². The summed E-state index contributed by atoms with van der Waals surface area (Å²) in [7, 11) is 0. The number of aliphatic hydroxyl groups is 1. The number of fused-ring (bicyclic) bond motifs is 1. The second-order valence-electron chi connectivity index (χ2n) is 5.11. The van der Waals surface area contributed by atoms with Crippen molar-refractivity contribution >= 4 is 11.3 Å². The van der Waals surface area contributed by atoms with Crippen LogP contribution in [-0.4, -0.2) is 21.3 Å². The lowest BCUT2D eigenvalue weighted by molar-refractivity contribution is 0.350. The van der Waals surface area contributed by atoms with E-state index in [4.69, 9.17) is 10.1 Å². The van der Waals surface area contributed by atoms with E-state index in [1.807, 2.05) is 0 Å². The number of aryl methyl sites for hydroxylation is 2. The Morgan fingerprint density at radius 3 is 3.10 bits per heavy atom. The summed E-state index contributed by atoms with van der Waals surface area (Å²) >= 11 is 1.72. The number of hydrogen-bond donors (Lipinski definition) is 1. The summed E-state index contributed by atoms with van der Waals surface area (Å²) in [6, 6.07) is 2.11. The number of aromatic nitrogens is 2. The molecule has 2 aromatic rings. The molecule has 0 fully saturated rings. The first-order valence-corrected chi connectivity index (χ1v) is 7.88. The number of rotatable bonds is 2. The molecule has 2 aromatic heterocycles. The Labute approximate surface area is 123 Å². The largest absolute Gasteiger partial charge is 0.384 e. The van der Waals surface area contributed by atoms with Crippen LogP contribution < -0.4 is 0 Å². The SMILES string of the molecule is Cc1nc2c(n1Cc1cc(C#CCO)cs1)CCCC2. The van der Waals surface area contributed by atoms with Gasteiger partial charge in [-0.25, -0.2) is 4.98 Å². The highest BCUT2D eigenvalue weighted by atomic mass is 32.1. The van der Waals surface area contributed by atoms with Crippen LogP contribution in [0.5, 0.6) is 0 Å². The maximum atomic E-state index is 8.73. The molecule has 1 aliphatic carbocycles. The number of thiophene rings is 1. The van der Waals surface area contributed by atoms with Crippen LogP contribution in [0.3, 0.4) is 0 Å². The van der Waals surface area contributed by atoms with E-state index in [0.29, 0.717) is 0 Å². The third kappa shape index (κ3) is 2.65. The molecule has 0 aromatic carbocycles. The van der Waals surface area contributed by atoms with Crippen molar-refractivity contribution in [2.24, 2.45) is 0 Å². The van der Waals surface area contributed by atoms with Crippen LogP contribution in [0.25, 0.3) is 0 Å². The van der Waals surface area contributed by atoms with Crippen LogP contribution in [0, 0.1) is 18.8 Å². The van der Waals surface area contributed by atoms with E-state index >= 15 is 0 Å². The first kappa shape index (κ1) is 13.4.